The third-order valence-electron chi connectivity index (χ3n) is 5.73. The maximum Gasteiger partial charge on any atom is 0.0607 e. The van der Waals surface area contributed by atoms with Crippen LogP contribution in [0.15, 0.2) is 109 Å². The fraction of sp³-hybridized carbons (Fsp3) is 0. The summed E-state index contributed by atoms with van der Waals surface area (Å²) >= 11 is 0. The van der Waals surface area contributed by atoms with Gasteiger partial charge in [-0.3, -0.25) is 4.98 Å². The van der Waals surface area contributed by atoms with Crippen LogP contribution in [0.25, 0.3) is 33.3 Å². The van der Waals surface area contributed by atoms with Crippen LogP contribution >= 0.6 is 0 Å². The minimum atomic E-state index is 0. The van der Waals surface area contributed by atoms with Crippen LogP contribution in [0.1, 0.15) is 22.3 Å². The average molecular weight is 573 g/mol. The molecule has 0 atom stereocenters. The van der Waals surface area contributed by atoms with Gasteiger partial charge in [-0.2, -0.15) is 0 Å². The van der Waals surface area contributed by atoms with Crippen LogP contribution in [-0.2, 0) is 20.1 Å². The number of nitrogens with zero attached hydrogens (tertiary/aromatic N) is 1. The second-order valence-electron chi connectivity index (χ2n) is 7.51. The van der Waals surface area contributed by atoms with Gasteiger partial charge in [0.25, 0.3) is 0 Å². The zero-order valence-electron chi connectivity index (χ0n) is 16.7. The Morgan fingerprint density at radius 3 is 1.87 bits per heavy atom. The van der Waals surface area contributed by atoms with Gasteiger partial charge in [0.15, 0.2) is 0 Å². The van der Waals surface area contributed by atoms with Gasteiger partial charge in [0.05, 0.1) is 5.52 Å². The van der Waals surface area contributed by atoms with E-state index in [1.165, 1.54) is 38.8 Å². The van der Waals surface area contributed by atoms with Gasteiger partial charge >= 0.3 is 0 Å². The van der Waals surface area contributed by atoms with E-state index in [0.29, 0.717) is 0 Å². The molecule has 0 unspecified atom stereocenters. The maximum atomic E-state index is 5.01. The number of rotatable bonds is 3. The Bertz CT molecular complexity index is 1410. The summed E-state index contributed by atoms with van der Waals surface area (Å²) in [5.41, 5.74) is 10.5. The summed E-state index contributed by atoms with van der Waals surface area (Å²) in [5.74, 6) is 0. The zero-order valence-corrected chi connectivity index (χ0v) is 19.1. The SMILES string of the molecule is [Ir].[c-]1ccccc1-c1cc2c3c(cccc3n1)C(c1ccccc1)=C2c1ccccc1. The quantitative estimate of drug-likeness (QED) is 0.208. The molecule has 6 rings (SSSR count). The number of pyridine rings is 1. The summed E-state index contributed by atoms with van der Waals surface area (Å²) in [6.07, 6.45) is 0. The summed E-state index contributed by atoms with van der Waals surface area (Å²) in [6, 6.07) is 41.4. The van der Waals surface area contributed by atoms with Gasteiger partial charge < -0.3 is 0 Å². The number of hydrogen-bond donors (Lipinski definition) is 0. The first-order valence-electron chi connectivity index (χ1n) is 10.2. The van der Waals surface area contributed by atoms with Crippen molar-refractivity contribution < 1.29 is 20.1 Å². The molecule has 149 valence electrons. The Morgan fingerprint density at radius 2 is 1.23 bits per heavy atom. The largest absolute Gasteiger partial charge is 0.296 e. The van der Waals surface area contributed by atoms with E-state index in [2.05, 4.69) is 97.1 Å². The van der Waals surface area contributed by atoms with Crippen molar-refractivity contribution in [2.75, 3.05) is 0 Å². The van der Waals surface area contributed by atoms with Gasteiger partial charge in [0.1, 0.15) is 0 Å². The smallest absolute Gasteiger partial charge is 0.0607 e. The first-order chi connectivity index (χ1) is 14.9. The summed E-state index contributed by atoms with van der Waals surface area (Å²) in [5, 5.41) is 1.23. The van der Waals surface area contributed by atoms with E-state index >= 15 is 0 Å². The van der Waals surface area contributed by atoms with E-state index in [-0.39, 0.29) is 20.1 Å². The molecule has 0 saturated carbocycles. The second kappa shape index (κ2) is 8.07. The molecule has 1 heterocycles. The minimum Gasteiger partial charge on any atom is -0.296 e. The Morgan fingerprint density at radius 1 is 0.581 bits per heavy atom. The van der Waals surface area contributed by atoms with Crippen molar-refractivity contribution in [1.82, 2.24) is 4.98 Å². The fourth-order valence-electron chi connectivity index (χ4n) is 4.46. The molecule has 2 heteroatoms. The third kappa shape index (κ3) is 3.25. The van der Waals surface area contributed by atoms with E-state index in [9.17, 15) is 0 Å². The van der Waals surface area contributed by atoms with Gasteiger partial charge in [0, 0.05) is 25.5 Å². The van der Waals surface area contributed by atoms with Crippen molar-refractivity contribution in [3.63, 3.8) is 0 Å². The fourth-order valence-corrected chi connectivity index (χ4v) is 4.46. The van der Waals surface area contributed by atoms with Crippen LogP contribution in [0.2, 0.25) is 0 Å². The Hall–Kier alpha value is -3.32. The van der Waals surface area contributed by atoms with Crippen LogP contribution in [0.5, 0.6) is 0 Å². The molecule has 0 amide bonds. The van der Waals surface area contributed by atoms with E-state index in [1.54, 1.807) is 0 Å². The summed E-state index contributed by atoms with van der Waals surface area (Å²) in [7, 11) is 0. The Labute approximate surface area is 195 Å². The number of aromatic nitrogens is 1. The molecule has 0 N–H and O–H groups in total. The second-order valence-corrected chi connectivity index (χ2v) is 7.51. The van der Waals surface area contributed by atoms with E-state index in [4.69, 9.17) is 4.98 Å². The molecule has 1 radical (unpaired) electrons. The molecule has 0 spiro atoms. The molecule has 1 nitrogen and oxygen atoms in total. The minimum absolute atomic E-state index is 0. The van der Waals surface area contributed by atoms with Gasteiger partial charge in [-0.15, -0.1) is 35.9 Å². The predicted octanol–water partition coefficient (Wildman–Crippen LogP) is 7.02. The zero-order chi connectivity index (χ0) is 19.9. The van der Waals surface area contributed by atoms with Gasteiger partial charge in [-0.1, -0.05) is 78.9 Å². The summed E-state index contributed by atoms with van der Waals surface area (Å²) in [6.45, 7) is 0. The van der Waals surface area contributed by atoms with Crippen LogP contribution in [0.4, 0.5) is 0 Å². The summed E-state index contributed by atoms with van der Waals surface area (Å²) < 4.78 is 0. The third-order valence-corrected chi connectivity index (χ3v) is 5.73. The first-order valence-corrected chi connectivity index (χ1v) is 10.2. The molecule has 0 bridgehead atoms. The first kappa shape index (κ1) is 19.6. The molecule has 31 heavy (non-hydrogen) atoms. The normalized spacial score (nSPS) is 12.1. The number of hydrogen-bond acceptors (Lipinski definition) is 1. The van der Waals surface area contributed by atoms with Crippen molar-refractivity contribution in [3.8, 4) is 11.3 Å². The summed E-state index contributed by atoms with van der Waals surface area (Å²) in [4.78, 5) is 5.01. The number of benzene rings is 4. The topological polar surface area (TPSA) is 12.9 Å². The van der Waals surface area contributed by atoms with Gasteiger partial charge in [0.2, 0.25) is 0 Å². The van der Waals surface area contributed by atoms with Crippen LogP contribution < -0.4 is 0 Å². The van der Waals surface area contributed by atoms with Crippen molar-refractivity contribution in [3.05, 3.63) is 138 Å². The Balaban J connectivity index is 0.00000204. The average Bonchev–Trinajstić information content (AvgIpc) is 3.16. The monoisotopic (exact) mass is 573 g/mol. The van der Waals surface area contributed by atoms with E-state index in [1.807, 2.05) is 18.2 Å². The molecule has 1 aromatic heterocycles. The molecule has 5 aromatic rings. The molecule has 1 aliphatic carbocycles. The van der Waals surface area contributed by atoms with Gasteiger partial charge in [-0.05, 0) is 45.2 Å². The van der Waals surface area contributed by atoms with Gasteiger partial charge in [-0.25, -0.2) is 0 Å². The molecule has 0 aliphatic heterocycles. The molecule has 4 aromatic carbocycles. The Kier molecular flexibility index (Phi) is 5.11. The van der Waals surface area contributed by atoms with Crippen molar-refractivity contribution in [2.45, 2.75) is 0 Å². The standard InChI is InChI=1S/C29H18N.Ir/c1-4-11-20(12-5-1)26-19-24-28(22-15-8-3-9-16-22)27(21-13-6-2-7-14-21)23-17-10-18-25(30-26)29(23)24;/h1-11,13-19H;/q-1;. The van der Waals surface area contributed by atoms with Crippen LogP contribution in [0, 0.1) is 6.07 Å². The molecule has 0 saturated heterocycles. The van der Waals surface area contributed by atoms with Crippen molar-refractivity contribution in [2.24, 2.45) is 0 Å². The van der Waals surface area contributed by atoms with E-state index < -0.39 is 0 Å². The molecular formula is C29H18IrN-. The van der Waals surface area contributed by atoms with Crippen molar-refractivity contribution in [1.29, 1.82) is 0 Å². The van der Waals surface area contributed by atoms with Crippen LogP contribution in [-0.4, -0.2) is 4.98 Å². The molecular weight excluding hydrogens is 555 g/mol. The molecule has 1 aliphatic rings. The predicted molar refractivity (Wildman–Crippen MR) is 124 cm³/mol. The van der Waals surface area contributed by atoms with E-state index in [0.717, 1.165) is 16.8 Å². The van der Waals surface area contributed by atoms with Crippen molar-refractivity contribution >= 4 is 22.0 Å². The maximum absolute atomic E-state index is 5.01. The van der Waals surface area contributed by atoms with Crippen LogP contribution in [0.3, 0.4) is 0 Å². The molecule has 0 fully saturated rings.